The van der Waals surface area contributed by atoms with Crippen LogP contribution in [0.25, 0.3) is 33.5 Å². The third-order valence-corrected chi connectivity index (χ3v) is 5.39. The van der Waals surface area contributed by atoms with Gasteiger partial charge in [-0.25, -0.2) is 9.97 Å². The fourth-order valence-electron chi connectivity index (χ4n) is 3.93. The van der Waals surface area contributed by atoms with Gasteiger partial charge in [0.15, 0.2) is 11.6 Å². The minimum absolute atomic E-state index is 0.622. The Morgan fingerprint density at radius 2 is 1.79 bits per heavy atom. The molecule has 2 aromatic heterocycles. The molecule has 1 saturated heterocycles. The first-order valence-corrected chi connectivity index (χ1v) is 10.1. The van der Waals surface area contributed by atoms with Crippen LogP contribution in [0.1, 0.15) is 19.3 Å². The summed E-state index contributed by atoms with van der Waals surface area (Å²) >= 11 is 0. The Balaban J connectivity index is 1.42. The van der Waals surface area contributed by atoms with Crippen LogP contribution in [0.15, 0.2) is 59.0 Å². The number of aromatic nitrogens is 2. The number of furan rings is 1. The van der Waals surface area contributed by atoms with Gasteiger partial charge in [-0.3, -0.25) is 0 Å². The molecule has 5 rings (SSSR count). The average Bonchev–Trinajstić information content (AvgIpc) is 3.40. The van der Waals surface area contributed by atoms with Gasteiger partial charge in [0.1, 0.15) is 11.4 Å². The van der Waals surface area contributed by atoms with E-state index in [9.17, 15) is 0 Å². The van der Waals surface area contributed by atoms with Crippen molar-refractivity contribution in [3.8, 4) is 11.6 Å². The molecule has 0 radical (unpaired) electrons. The Morgan fingerprint density at radius 3 is 2.68 bits per heavy atom. The number of fused-ring (bicyclic) bond motifs is 2. The molecule has 5 nitrogen and oxygen atoms in total. The number of para-hydroxylation sites is 2. The van der Waals surface area contributed by atoms with Gasteiger partial charge >= 0.3 is 0 Å². The van der Waals surface area contributed by atoms with Crippen molar-refractivity contribution in [2.45, 2.75) is 19.3 Å². The molecule has 0 amide bonds. The Kier molecular flexibility index (Phi) is 4.67. The molecule has 2 aromatic carbocycles. The van der Waals surface area contributed by atoms with Crippen LogP contribution in [-0.4, -0.2) is 41.0 Å². The molecule has 0 aliphatic carbocycles. The van der Waals surface area contributed by atoms with Gasteiger partial charge in [-0.1, -0.05) is 30.3 Å². The predicted molar refractivity (Wildman–Crippen MR) is 114 cm³/mol. The first-order chi connectivity index (χ1) is 13.9. The van der Waals surface area contributed by atoms with E-state index in [4.69, 9.17) is 14.4 Å². The highest BCUT2D eigenvalue weighted by Crippen LogP contribution is 2.29. The summed E-state index contributed by atoms with van der Waals surface area (Å²) in [5.41, 5.74) is 1.78. The topological polar surface area (TPSA) is 54.2 Å². The summed E-state index contributed by atoms with van der Waals surface area (Å²) in [5, 5.41) is 5.65. The molecule has 142 valence electrons. The number of hydrogen-bond donors (Lipinski definition) is 1. The summed E-state index contributed by atoms with van der Waals surface area (Å²) < 4.78 is 5.99. The molecule has 28 heavy (non-hydrogen) atoms. The number of anilines is 1. The monoisotopic (exact) mass is 372 g/mol. The third-order valence-electron chi connectivity index (χ3n) is 5.39. The number of benzene rings is 2. The van der Waals surface area contributed by atoms with E-state index in [-0.39, 0.29) is 0 Å². The summed E-state index contributed by atoms with van der Waals surface area (Å²) in [6.07, 6.45) is 3.79. The average molecular weight is 372 g/mol. The van der Waals surface area contributed by atoms with E-state index in [0.717, 1.165) is 47.2 Å². The highest BCUT2D eigenvalue weighted by molar-refractivity contribution is 5.91. The molecular formula is C23H24N4O. The van der Waals surface area contributed by atoms with Gasteiger partial charge in [0.2, 0.25) is 0 Å². The Morgan fingerprint density at radius 1 is 0.964 bits per heavy atom. The molecule has 1 fully saturated rings. The van der Waals surface area contributed by atoms with Gasteiger partial charge in [-0.05, 0) is 63.2 Å². The van der Waals surface area contributed by atoms with Crippen LogP contribution in [0.2, 0.25) is 0 Å². The molecule has 0 spiro atoms. The Bertz CT molecular complexity index is 1070. The van der Waals surface area contributed by atoms with Gasteiger partial charge in [0.05, 0.1) is 5.52 Å². The predicted octanol–water partition coefficient (Wildman–Crippen LogP) is 4.94. The molecule has 1 aliphatic rings. The second-order valence-electron chi connectivity index (χ2n) is 7.39. The second kappa shape index (κ2) is 7.60. The number of likely N-dealkylation sites (tertiary alicyclic amines) is 1. The minimum atomic E-state index is 0.622. The van der Waals surface area contributed by atoms with Crippen molar-refractivity contribution in [1.29, 1.82) is 0 Å². The van der Waals surface area contributed by atoms with Crippen molar-refractivity contribution in [2.75, 3.05) is 31.5 Å². The van der Waals surface area contributed by atoms with E-state index in [1.807, 2.05) is 48.5 Å². The SMILES string of the molecule is c1ccc2oc(-c3nc(NCCCN4CCCC4)c4ccccc4n3)cc2c1. The summed E-state index contributed by atoms with van der Waals surface area (Å²) in [4.78, 5) is 12.1. The molecule has 1 aliphatic heterocycles. The van der Waals surface area contributed by atoms with E-state index in [1.165, 1.54) is 25.9 Å². The third kappa shape index (κ3) is 3.45. The van der Waals surface area contributed by atoms with Gasteiger partial charge < -0.3 is 14.6 Å². The minimum Gasteiger partial charge on any atom is -0.453 e. The summed E-state index contributed by atoms with van der Waals surface area (Å²) in [6.45, 7) is 4.53. The molecule has 0 bridgehead atoms. The summed E-state index contributed by atoms with van der Waals surface area (Å²) in [7, 11) is 0. The quantitative estimate of drug-likeness (QED) is 0.486. The lowest BCUT2D eigenvalue weighted by Gasteiger charge is -2.15. The standard InChI is InChI=1S/C23H24N4O/c1-4-11-20-17(8-1)16-21(28-20)23-25-19-10-3-2-9-18(19)22(26-23)24-12-7-15-27-13-5-6-14-27/h1-4,8-11,16H,5-7,12-15H2,(H,24,25,26). The lowest BCUT2D eigenvalue weighted by atomic mass is 10.2. The van der Waals surface area contributed by atoms with Crippen LogP contribution in [0.5, 0.6) is 0 Å². The maximum absolute atomic E-state index is 5.99. The molecule has 0 atom stereocenters. The van der Waals surface area contributed by atoms with Crippen LogP contribution in [0.4, 0.5) is 5.82 Å². The maximum Gasteiger partial charge on any atom is 0.198 e. The lowest BCUT2D eigenvalue weighted by Crippen LogP contribution is -2.22. The van der Waals surface area contributed by atoms with E-state index in [0.29, 0.717) is 11.6 Å². The first-order valence-electron chi connectivity index (χ1n) is 10.1. The van der Waals surface area contributed by atoms with Crippen LogP contribution in [0.3, 0.4) is 0 Å². The van der Waals surface area contributed by atoms with Crippen molar-refractivity contribution < 1.29 is 4.42 Å². The van der Waals surface area contributed by atoms with E-state index >= 15 is 0 Å². The largest absolute Gasteiger partial charge is 0.453 e. The molecule has 0 unspecified atom stereocenters. The van der Waals surface area contributed by atoms with Crippen molar-refractivity contribution in [1.82, 2.24) is 14.9 Å². The van der Waals surface area contributed by atoms with E-state index in [1.54, 1.807) is 0 Å². The lowest BCUT2D eigenvalue weighted by molar-refractivity contribution is 0.337. The fourth-order valence-corrected chi connectivity index (χ4v) is 3.93. The van der Waals surface area contributed by atoms with Crippen LogP contribution >= 0.6 is 0 Å². The number of nitrogens with zero attached hydrogens (tertiary/aromatic N) is 3. The maximum atomic E-state index is 5.99. The van der Waals surface area contributed by atoms with E-state index < -0.39 is 0 Å². The second-order valence-corrected chi connectivity index (χ2v) is 7.39. The normalized spacial score (nSPS) is 14.9. The summed E-state index contributed by atoms with van der Waals surface area (Å²) in [6, 6.07) is 18.1. The van der Waals surface area contributed by atoms with Crippen LogP contribution in [-0.2, 0) is 0 Å². The van der Waals surface area contributed by atoms with Crippen LogP contribution < -0.4 is 5.32 Å². The van der Waals surface area contributed by atoms with Gasteiger partial charge in [-0.2, -0.15) is 0 Å². The molecule has 5 heteroatoms. The zero-order chi connectivity index (χ0) is 18.8. The molecule has 1 N–H and O–H groups in total. The first kappa shape index (κ1) is 17.2. The van der Waals surface area contributed by atoms with Crippen molar-refractivity contribution >= 4 is 27.7 Å². The number of hydrogen-bond acceptors (Lipinski definition) is 5. The van der Waals surface area contributed by atoms with Crippen LogP contribution in [0, 0.1) is 0 Å². The zero-order valence-electron chi connectivity index (χ0n) is 15.9. The molecular weight excluding hydrogens is 348 g/mol. The number of rotatable bonds is 6. The summed E-state index contributed by atoms with van der Waals surface area (Å²) in [5.74, 6) is 2.20. The zero-order valence-corrected chi connectivity index (χ0v) is 15.9. The fraction of sp³-hybridized carbons (Fsp3) is 0.304. The molecule has 4 aromatic rings. The van der Waals surface area contributed by atoms with E-state index in [2.05, 4.69) is 16.3 Å². The van der Waals surface area contributed by atoms with Crippen molar-refractivity contribution in [2.24, 2.45) is 0 Å². The van der Waals surface area contributed by atoms with Gasteiger partial charge in [0.25, 0.3) is 0 Å². The van der Waals surface area contributed by atoms with Gasteiger partial charge in [-0.15, -0.1) is 0 Å². The van der Waals surface area contributed by atoms with Gasteiger partial charge in [0, 0.05) is 17.3 Å². The molecule has 3 heterocycles. The highest BCUT2D eigenvalue weighted by atomic mass is 16.3. The Hall–Kier alpha value is -2.92. The van der Waals surface area contributed by atoms with Crippen molar-refractivity contribution in [3.63, 3.8) is 0 Å². The highest BCUT2D eigenvalue weighted by Gasteiger charge is 2.14. The molecule has 0 saturated carbocycles. The Labute approximate surface area is 164 Å². The smallest absolute Gasteiger partial charge is 0.198 e. The number of nitrogens with one attached hydrogen (secondary N) is 1. The van der Waals surface area contributed by atoms with Crippen molar-refractivity contribution in [3.05, 3.63) is 54.6 Å².